The van der Waals surface area contributed by atoms with E-state index in [-0.39, 0.29) is 35.8 Å². The molecule has 26 heavy (non-hydrogen) atoms. The third-order valence-corrected chi connectivity index (χ3v) is 3.67. The van der Waals surface area contributed by atoms with Crippen LogP contribution in [0.25, 0.3) is 0 Å². The molecule has 2 N–H and O–H groups in total. The Kier molecular flexibility index (Phi) is 5.97. The number of carbonyl (C=O) groups excluding carboxylic acids is 2. The summed E-state index contributed by atoms with van der Waals surface area (Å²) in [6, 6.07) is 6.78. The number of hydrogen-bond donors (Lipinski definition) is 2. The highest BCUT2D eigenvalue weighted by Gasteiger charge is 2.32. The van der Waals surface area contributed by atoms with Gasteiger partial charge in [-0.2, -0.15) is 13.2 Å². The van der Waals surface area contributed by atoms with E-state index < -0.39 is 17.6 Å². The quantitative estimate of drug-likeness (QED) is 0.849. The highest BCUT2D eigenvalue weighted by Crippen LogP contribution is 2.32. The van der Waals surface area contributed by atoms with Crippen molar-refractivity contribution in [2.75, 3.05) is 5.32 Å². The minimum Gasteiger partial charge on any atom is -0.348 e. The minimum absolute atomic E-state index is 0.0544. The Hall–Kier alpha value is -2.90. The zero-order valence-corrected chi connectivity index (χ0v) is 14.3. The fraction of sp³-hybridized carbons (Fsp3) is 0.278. The Morgan fingerprint density at radius 1 is 1.15 bits per heavy atom. The van der Waals surface area contributed by atoms with E-state index >= 15 is 0 Å². The summed E-state index contributed by atoms with van der Waals surface area (Å²) in [4.78, 5) is 27.5. The monoisotopic (exact) mass is 365 g/mol. The minimum atomic E-state index is -4.44. The number of alkyl halides is 3. The number of nitrogens with one attached hydrogen (secondary N) is 2. The number of halogens is 3. The van der Waals surface area contributed by atoms with Gasteiger partial charge in [0.15, 0.2) is 0 Å². The van der Waals surface area contributed by atoms with E-state index in [0.717, 1.165) is 6.07 Å². The third-order valence-electron chi connectivity index (χ3n) is 3.67. The van der Waals surface area contributed by atoms with Gasteiger partial charge in [-0.05, 0) is 36.2 Å². The van der Waals surface area contributed by atoms with Gasteiger partial charge < -0.3 is 10.6 Å². The third kappa shape index (κ3) is 5.05. The first-order valence-corrected chi connectivity index (χ1v) is 7.91. The summed E-state index contributed by atoms with van der Waals surface area (Å²) < 4.78 is 38.8. The standard InChI is InChI=1S/C18H18F3N3O2/c1-3-16(25)24-15-9-13(6-7-22-15)17(26)23-10-12-5-4-11(2)14(8-12)18(19,20)21/h4-9H,3,10H2,1-2H3,(H,23,26)(H,22,24,25). The van der Waals surface area contributed by atoms with Crippen molar-refractivity contribution in [3.63, 3.8) is 0 Å². The van der Waals surface area contributed by atoms with Crippen molar-refractivity contribution in [1.29, 1.82) is 0 Å². The lowest BCUT2D eigenvalue weighted by Gasteiger charge is -2.13. The van der Waals surface area contributed by atoms with Gasteiger partial charge in [-0.15, -0.1) is 0 Å². The molecule has 0 aliphatic carbocycles. The lowest BCUT2D eigenvalue weighted by Crippen LogP contribution is -2.23. The fourth-order valence-electron chi connectivity index (χ4n) is 2.24. The molecule has 0 spiro atoms. The summed E-state index contributed by atoms with van der Waals surface area (Å²) in [5.74, 6) is -0.484. The second-order valence-corrected chi connectivity index (χ2v) is 5.66. The molecular formula is C18H18F3N3O2. The number of rotatable bonds is 5. The summed E-state index contributed by atoms with van der Waals surface area (Å²) in [5, 5.41) is 5.10. The number of pyridine rings is 1. The van der Waals surface area contributed by atoms with Gasteiger partial charge in [-0.1, -0.05) is 19.1 Å². The first-order chi connectivity index (χ1) is 12.2. The molecule has 0 fully saturated rings. The number of aryl methyl sites for hydroxylation is 1. The number of hydrogen-bond acceptors (Lipinski definition) is 3. The molecule has 8 heteroatoms. The van der Waals surface area contributed by atoms with Gasteiger partial charge in [0.2, 0.25) is 5.91 Å². The van der Waals surface area contributed by atoms with E-state index in [1.54, 1.807) is 6.92 Å². The summed E-state index contributed by atoms with van der Waals surface area (Å²) in [6.07, 6.45) is -2.80. The number of carbonyl (C=O) groups is 2. The molecule has 138 valence electrons. The Balaban J connectivity index is 2.07. The van der Waals surface area contributed by atoms with Crippen molar-refractivity contribution in [3.8, 4) is 0 Å². The van der Waals surface area contributed by atoms with Crippen molar-refractivity contribution in [2.24, 2.45) is 0 Å². The molecule has 2 rings (SSSR count). The molecule has 0 bridgehead atoms. The number of nitrogens with zero attached hydrogens (tertiary/aromatic N) is 1. The molecule has 1 aromatic heterocycles. The Labute approximate surface area is 148 Å². The molecule has 5 nitrogen and oxygen atoms in total. The Bertz CT molecular complexity index is 820. The van der Waals surface area contributed by atoms with Gasteiger partial charge in [0.05, 0.1) is 5.56 Å². The number of amides is 2. The molecule has 0 unspecified atom stereocenters. The van der Waals surface area contributed by atoms with Crippen molar-refractivity contribution in [3.05, 3.63) is 58.8 Å². The van der Waals surface area contributed by atoms with Crippen LogP contribution in [0.3, 0.4) is 0 Å². The predicted octanol–water partition coefficient (Wildman–Crippen LogP) is 3.69. The van der Waals surface area contributed by atoms with Crippen LogP contribution in [-0.2, 0) is 17.5 Å². The fourth-order valence-corrected chi connectivity index (χ4v) is 2.24. The van der Waals surface area contributed by atoms with Gasteiger partial charge in [0.1, 0.15) is 5.82 Å². The molecule has 0 aliphatic rings. The molecule has 0 aliphatic heterocycles. The van der Waals surface area contributed by atoms with Crippen LogP contribution in [0.2, 0.25) is 0 Å². The lowest BCUT2D eigenvalue weighted by atomic mass is 10.0. The van der Waals surface area contributed by atoms with E-state index in [4.69, 9.17) is 0 Å². The Morgan fingerprint density at radius 2 is 1.88 bits per heavy atom. The van der Waals surface area contributed by atoms with Crippen molar-refractivity contribution in [2.45, 2.75) is 33.0 Å². The van der Waals surface area contributed by atoms with Crippen LogP contribution in [0.1, 0.15) is 40.4 Å². The van der Waals surface area contributed by atoms with Gasteiger partial charge in [-0.3, -0.25) is 9.59 Å². The average molecular weight is 365 g/mol. The maximum atomic E-state index is 12.9. The lowest BCUT2D eigenvalue weighted by molar-refractivity contribution is -0.138. The maximum absolute atomic E-state index is 12.9. The maximum Gasteiger partial charge on any atom is 0.416 e. The summed E-state index contributed by atoms with van der Waals surface area (Å²) >= 11 is 0. The second kappa shape index (κ2) is 7.99. The van der Waals surface area contributed by atoms with Gasteiger partial charge >= 0.3 is 6.18 Å². The van der Waals surface area contributed by atoms with Crippen LogP contribution < -0.4 is 10.6 Å². The molecule has 0 saturated heterocycles. The molecule has 0 radical (unpaired) electrons. The summed E-state index contributed by atoms with van der Waals surface area (Å²) in [6.45, 7) is 3.01. The topological polar surface area (TPSA) is 71.1 Å². The largest absolute Gasteiger partial charge is 0.416 e. The number of anilines is 1. The zero-order valence-electron chi connectivity index (χ0n) is 14.3. The van der Waals surface area contributed by atoms with E-state index in [2.05, 4.69) is 15.6 Å². The SMILES string of the molecule is CCC(=O)Nc1cc(C(=O)NCc2ccc(C)c(C(F)(F)F)c2)ccn1. The second-order valence-electron chi connectivity index (χ2n) is 5.66. The van der Waals surface area contributed by atoms with Gasteiger partial charge in [0, 0.05) is 24.7 Å². The van der Waals surface area contributed by atoms with E-state index in [1.807, 2.05) is 0 Å². The van der Waals surface area contributed by atoms with Crippen molar-refractivity contribution >= 4 is 17.6 Å². The molecule has 0 atom stereocenters. The van der Waals surface area contributed by atoms with Crippen LogP contribution >= 0.6 is 0 Å². The molecule has 2 aromatic rings. The number of benzene rings is 1. The highest BCUT2D eigenvalue weighted by molar-refractivity contribution is 5.96. The van der Waals surface area contributed by atoms with Crippen molar-refractivity contribution in [1.82, 2.24) is 10.3 Å². The molecule has 1 heterocycles. The molecule has 2 amide bonds. The van der Waals surface area contributed by atoms with Crippen LogP contribution in [0.5, 0.6) is 0 Å². The molecule has 0 saturated carbocycles. The van der Waals surface area contributed by atoms with Crippen LogP contribution in [0.15, 0.2) is 36.5 Å². The summed E-state index contributed by atoms with van der Waals surface area (Å²) in [5.41, 5.74) is -0.0184. The van der Waals surface area contributed by atoms with Crippen molar-refractivity contribution < 1.29 is 22.8 Å². The van der Waals surface area contributed by atoms with E-state index in [0.29, 0.717) is 5.56 Å². The normalized spacial score (nSPS) is 11.1. The zero-order chi connectivity index (χ0) is 19.3. The highest BCUT2D eigenvalue weighted by atomic mass is 19.4. The summed E-state index contributed by atoms with van der Waals surface area (Å²) in [7, 11) is 0. The van der Waals surface area contributed by atoms with E-state index in [1.165, 1.54) is 37.4 Å². The molecule has 1 aromatic carbocycles. The van der Waals surface area contributed by atoms with E-state index in [9.17, 15) is 22.8 Å². The molecular weight excluding hydrogens is 347 g/mol. The van der Waals surface area contributed by atoms with Crippen LogP contribution in [0, 0.1) is 6.92 Å². The van der Waals surface area contributed by atoms with Gasteiger partial charge in [-0.25, -0.2) is 4.98 Å². The van der Waals surface area contributed by atoms with Gasteiger partial charge in [0.25, 0.3) is 5.91 Å². The van der Waals surface area contributed by atoms with Crippen LogP contribution in [-0.4, -0.2) is 16.8 Å². The number of aromatic nitrogens is 1. The Morgan fingerprint density at radius 3 is 2.54 bits per heavy atom. The first kappa shape index (κ1) is 19.4. The first-order valence-electron chi connectivity index (χ1n) is 7.91. The smallest absolute Gasteiger partial charge is 0.348 e. The average Bonchev–Trinajstić information content (AvgIpc) is 2.59. The van der Waals surface area contributed by atoms with Crippen LogP contribution in [0.4, 0.5) is 19.0 Å². The predicted molar refractivity (Wildman–Crippen MR) is 90.5 cm³/mol.